The number of ether oxygens (including phenoxy) is 2. The highest BCUT2D eigenvalue weighted by atomic mass is 32.2. The van der Waals surface area contributed by atoms with Gasteiger partial charge >= 0.3 is 0 Å². The summed E-state index contributed by atoms with van der Waals surface area (Å²) < 4.78 is 62.8. The molecule has 0 saturated heterocycles. The highest BCUT2D eigenvalue weighted by molar-refractivity contribution is 7.91. The molecule has 0 saturated carbocycles. The number of hydrogen-bond donors (Lipinski definition) is 1. The van der Waals surface area contributed by atoms with Gasteiger partial charge < -0.3 is 9.47 Å². The summed E-state index contributed by atoms with van der Waals surface area (Å²) in [5, 5.41) is 0. The standard InChI is InChI=1S/C18H21NO6S2/c1-18(2,13-7-8-16-17(11-13)25-10-9-24-16)19-27(22,23)15-6-4-5-14(12-15)26(3,20)21/h4-8,11-12,19H,9-10H2,1-3H3. The maximum atomic E-state index is 12.8. The molecule has 27 heavy (non-hydrogen) atoms. The van der Waals surface area contributed by atoms with Crippen LogP contribution in [0.25, 0.3) is 0 Å². The first-order valence-corrected chi connectivity index (χ1v) is 11.6. The molecule has 2 aromatic carbocycles. The van der Waals surface area contributed by atoms with Crippen LogP contribution < -0.4 is 14.2 Å². The summed E-state index contributed by atoms with van der Waals surface area (Å²) in [7, 11) is -7.47. The third-order valence-electron chi connectivity index (χ3n) is 4.20. The molecule has 1 aliphatic heterocycles. The van der Waals surface area contributed by atoms with Crippen LogP contribution in [-0.2, 0) is 25.4 Å². The minimum Gasteiger partial charge on any atom is -0.486 e. The van der Waals surface area contributed by atoms with E-state index < -0.39 is 25.4 Å². The number of sulfone groups is 1. The molecule has 0 fully saturated rings. The van der Waals surface area contributed by atoms with Gasteiger partial charge in [-0.05, 0) is 49.7 Å². The summed E-state index contributed by atoms with van der Waals surface area (Å²) in [4.78, 5) is -0.168. The van der Waals surface area contributed by atoms with Crippen molar-refractivity contribution in [2.24, 2.45) is 0 Å². The van der Waals surface area contributed by atoms with Gasteiger partial charge in [-0.25, -0.2) is 21.6 Å². The van der Waals surface area contributed by atoms with Crippen LogP contribution in [0.1, 0.15) is 19.4 Å². The average Bonchev–Trinajstić information content (AvgIpc) is 2.60. The van der Waals surface area contributed by atoms with Gasteiger partial charge in [-0.3, -0.25) is 0 Å². The highest BCUT2D eigenvalue weighted by Crippen LogP contribution is 2.35. The van der Waals surface area contributed by atoms with E-state index in [0.29, 0.717) is 30.3 Å². The van der Waals surface area contributed by atoms with E-state index in [-0.39, 0.29) is 9.79 Å². The Hall–Kier alpha value is -2.10. The van der Waals surface area contributed by atoms with E-state index >= 15 is 0 Å². The van der Waals surface area contributed by atoms with E-state index in [1.54, 1.807) is 32.0 Å². The van der Waals surface area contributed by atoms with Crippen molar-refractivity contribution in [1.29, 1.82) is 0 Å². The Morgan fingerprint density at radius 2 is 1.52 bits per heavy atom. The topological polar surface area (TPSA) is 98.8 Å². The Labute approximate surface area is 159 Å². The lowest BCUT2D eigenvalue weighted by Gasteiger charge is -2.28. The van der Waals surface area contributed by atoms with Crippen molar-refractivity contribution in [3.8, 4) is 11.5 Å². The Bertz CT molecular complexity index is 1070. The van der Waals surface area contributed by atoms with Crippen LogP contribution in [0.5, 0.6) is 11.5 Å². The van der Waals surface area contributed by atoms with Crippen LogP contribution >= 0.6 is 0 Å². The first kappa shape index (κ1) is 19.7. The number of hydrogen-bond acceptors (Lipinski definition) is 6. The van der Waals surface area contributed by atoms with Crippen molar-refractivity contribution in [1.82, 2.24) is 4.72 Å². The summed E-state index contributed by atoms with van der Waals surface area (Å²) >= 11 is 0. The normalized spacial score (nSPS) is 14.8. The molecular weight excluding hydrogens is 390 g/mol. The number of benzene rings is 2. The molecule has 3 rings (SSSR count). The van der Waals surface area contributed by atoms with Crippen LogP contribution in [0, 0.1) is 0 Å². The molecule has 0 bridgehead atoms. The van der Waals surface area contributed by atoms with Gasteiger partial charge in [0, 0.05) is 6.26 Å². The maximum Gasteiger partial charge on any atom is 0.241 e. The second-order valence-corrected chi connectivity index (χ2v) is 10.5. The Balaban J connectivity index is 1.93. The van der Waals surface area contributed by atoms with Crippen LogP contribution in [-0.4, -0.2) is 36.3 Å². The van der Waals surface area contributed by atoms with Crippen molar-refractivity contribution in [3.63, 3.8) is 0 Å². The second-order valence-electron chi connectivity index (χ2n) is 6.84. The zero-order valence-corrected chi connectivity index (χ0v) is 16.9. The van der Waals surface area contributed by atoms with Crippen LogP contribution in [0.3, 0.4) is 0 Å². The molecular formula is C18H21NO6S2. The fraction of sp³-hybridized carbons (Fsp3) is 0.333. The lowest BCUT2D eigenvalue weighted by Crippen LogP contribution is -2.41. The largest absolute Gasteiger partial charge is 0.486 e. The quantitative estimate of drug-likeness (QED) is 0.809. The van der Waals surface area contributed by atoms with Gasteiger partial charge in [0.1, 0.15) is 13.2 Å². The zero-order valence-electron chi connectivity index (χ0n) is 15.2. The van der Waals surface area contributed by atoms with Crippen molar-refractivity contribution in [2.45, 2.75) is 29.2 Å². The van der Waals surface area contributed by atoms with E-state index in [1.165, 1.54) is 18.2 Å². The molecule has 1 heterocycles. The molecule has 0 aromatic heterocycles. The van der Waals surface area contributed by atoms with Crippen LogP contribution in [0.15, 0.2) is 52.3 Å². The SMILES string of the molecule is CC(C)(NS(=O)(=O)c1cccc(S(C)(=O)=O)c1)c1ccc2c(c1)OCCO2. The van der Waals surface area contributed by atoms with E-state index in [2.05, 4.69) is 4.72 Å². The van der Waals surface area contributed by atoms with E-state index in [9.17, 15) is 16.8 Å². The fourth-order valence-electron chi connectivity index (χ4n) is 2.76. The predicted molar refractivity (Wildman–Crippen MR) is 100 cm³/mol. The maximum absolute atomic E-state index is 12.8. The monoisotopic (exact) mass is 411 g/mol. The molecule has 0 radical (unpaired) electrons. The van der Waals surface area contributed by atoms with Gasteiger partial charge in [-0.2, -0.15) is 0 Å². The Kier molecular flexibility index (Phi) is 4.96. The molecule has 0 spiro atoms. The molecule has 2 aromatic rings. The van der Waals surface area contributed by atoms with Crippen LogP contribution in [0.2, 0.25) is 0 Å². The lowest BCUT2D eigenvalue weighted by molar-refractivity contribution is 0.171. The molecule has 146 valence electrons. The number of nitrogens with one attached hydrogen (secondary N) is 1. The summed E-state index contributed by atoms with van der Waals surface area (Å²) in [6, 6.07) is 10.5. The predicted octanol–water partition coefficient (Wildman–Crippen LogP) is 2.07. The second kappa shape index (κ2) is 6.81. The van der Waals surface area contributed by atoms with Gasteiger partial charge in [-0.1, -0.05) is 12.1 Å². The van der Waals surface area contributed by atoms with Crippen LogP contribution in [0.4, 0.5) is 0 Å². The van der Waals surface area contributed by atoms with E-state index in [4.69, 9.17) is 9.47 Å². The molecule has 9 heteroatoms. The van der Waals surface area contributed by atoms with E-state index in [1.807, 2.05) is 0 Å². The molecule has 0 aliphatic carbocycles. The third-order valence-corrected chi connectivity index (χ3v) is 6.96. The van der Waals surface area contributed by atoms with Gasteiger partial charge in [0.05, 0.1) is 15.3 Å². The highest BCUT2D eigenvalue weighted by Gasteiger charge is 2.30. The number of fused-ring (bicyclic) bond motifs is 1. The first-order chi connectivity index (χ1) is 12.5. The van der Waals surface area contributed by atoms with E-state index in [0.717, 1.165) is 12.3 Å². The van der Waals surface area contributed by atoms with Crippen molar-refractivity contribution >= 4 is 19.9 Å². The summed E-state index contributed by atoms with van der Waals surface area (Å²) in [5.41, 5.74) is -0.273. The van der Waals surface area contributed by atoms with Gasteiger partial charge in [0.15, 0.2) is 21.3 Å². The fourth-order valence-corrected chi connectivity index (χ4v) is 4.95. The lowest BCUT2D eigenvalue weighted by atomic mass is 9.95. The summed E-state index contributed by atoms with van der Waals surface area (Å²) in [6.45, 7) is 4.34. The van der Waals surface area contributed by atoms with Crippen molar-refractivity contribution < 1.29 is 26.3 Å². The Morgan fingerprint density at radius 3 is 2.19 bits per heavy atom. The number of sulfonamides is 1. The molecule has 0 atom stereocenters. The summed E-state index contributed by atoms with van der Waals surface area (Å²) in [5.74, 6) is 1.18. The minimum absolute atomic E-state index is 0.0532. The van der Waals surface area contributed by atoms with Crippen molar-refractivity contribution in [3.05, 3.63) is 48.0 Å². The molecule has 1 aliphatic rings. The summed E-state index contributed by atoms with van der Waals surface area (Å²) in [6.07, 6.45) is 1.03. The first-order valence-electron chi connectivity index (χ1n) is 8.23. The Morgan fingerprint density at radius 1 is 0.889 bits per heavy atom. The molecule has 7 nitrogen and oxygen atoms in total. The van der Waals surface area contributed by atoms with Gasteiger partial charge in [0.2, 0.25) is 10.0 Å². The average molecular weight is 412 g/mol. The zero-order chi connectivity index (χ0) is 19.9. The number of rotatable bonds is 5. The minimum atomic E-state index is -3.96. The van der Waals surface area contributed by atoms with Crippen molar-refractivity contribution in [2.75, 3.05) is 19.5 Å². The third kappa shape index (κ3) is 4.26. The smallest absolute Gasteiger partial charge is 0.241 e. The molecule has 0 unspecified atom stereocenters. The van der Waals surface area contributed by atoms with Gasteiger partial charge in [-0.15, -0.1) is 0 Å². The molecule has 1 N–H and O–H groups in total. The molecule has 0 amide bonds. The van der Waals surface area contributed by atoms with Gasteiger partial charge in [0.25, 0.3) is 0 Å².